The highest BCUT2D eigenvalue weighted by Gasteiger charge is 2.08. The SMILES string of the molecule is C=CCNC(=O)c1cc(NCCC2=CCCCC2)ncn1. The Morgan fingerprint density at radius 1 is 1.38 bits per heavy atom. The van der Waals surface area contributed by atoms with Crippen LogP contribution in [0.15, 0.2) is 36.7 Å². The molecule has 1 amide bonds. The molecule has 1 aliphatic rings. The average molecular weight is 286 g/mol. The largest absolute Gasteiger partial charge is 0.370 e. The summed E-state index contributed by atoms with van der Waals surface area (Å²) in [5.74, 6) is 0.473. The molecule has 1 aromatic heterocycles. The van der Waals surface area contributed by atoms with Crippen molar-refractivity contribution in [2.24, 2.45) is 0 Å². The van der Waals surface area contributed by atoms with E-state index in [1.54, 1.807) is 12.1 Å². The van der Waals surface area contributed by atoms with Gasteiger partial charge in [0, 0.05) is 19.2 Å². The Morgan fingerprint density at radius 2 is 2.29 bits per heavy atom. The summed E-state index contributed by atoms with van der Waals surface area (Å²) >= 11 is 0. The Bertz CT molecular complexity index is 525. The van der Waals surface area contributed by atoms with Crippen molar-refractivity contribution in [3.05, 3.63) is 42.4 Å². The fourth-order valence-corrected chi connectivity index (χ4v) is 2.32. The van der Waals surface area contributed by atoms with Gasteiger partial charge < -0.3 is 10.6 Å². The van der Waals surface area contributed by atoms with E-state index in [2.05, 4.69) is 33.3 Å². The number of nitrogens with zero attached hydrogens (tertiary/aromatic N) is 2. The molecule has 0 saturated carbocycles. The first kappa shape index (κ1) is 15.2. The van der Waals surface area contributed by atoms with Gasteiger partial charge in [-0.05, 0) is 32.1 Å². The van der Waals surface area contributed by atoms with Crippen LogP contribution in [0.5, 0.6) is 0 Å². The zero-order chi connectivity index (χ0) is 14.9. The molecule has 0 aromatic carbocycles. The van der Waals surface area contributed by atoms with E-state index in [9.17, 15) is 4.79 Å². The van der Waals surface area contributed by atoms with Gasteiger partial charge in [0.15, 0.2) is 0 Å². The first-order chi connectivity index (χ1) is 10.3. The van der Waals surface area contributed by atoms with Crippen LogP contribution in [0, 0.1) is 0 Å². The molecular formula is C16H22N4O. The van der Waals surface area contributed by atoms with Crippen LogP contribution in [-0.4, -0.2) is 29.0 Å². The quantitative estimate of drug-likeness (QED) is 0.756. The van der Waals surface area contributed by atoms with Gasteiger partial charge in [-0.25, -0.2) is 9.97 Å². The maximum Gasteiger partial charge on any atom is 0.270 e. The Kier molecular flexibility index (Phi) is 5.94. The minimum absolute atomic E-state index is 0.213. The standard InChI is InChI=1S/C16H22N4O/c1-2-9-18-16(21)14-11-15(20-12-19-14)17-10-8-13-6-4-3-5-7-13/h2,6,11-12H,1,3-5,7-10H2,(H,18,21)(H,17,19,20). The van der Waals surface area contributed by atoms with E-state index in [1.165, 1.54) is 37.6 Å². The number of carbonyl (C=O) groups is 1. The fourth-order valence-electron chi connectivity index (χ4n) is 2.32. The normalized spacial score (nSPS) is 14.2. The van der Waals surface area contributed by atoms with Crippen LogP contribution in [0.4, 0.5) is 5.82 Å². The van der Waals surface area contributed by atoms with Gasteiger partial charge in [0.2, 0.25) is 0 Å². The lowest BCUT2D eigenvalue weighted by atomic mass is 9.97. The lowest BCUT2D eigenvalue weighted by molar-refractivity contribution is 0.0953. The summed E-state index contributed by atoms with van der Waals surface area (Å²) in [5, 5.41) is 5.95. The minimum Gasteiger partial charge on any atom is -0.370 e. The Morgan fingerprint density at radius 3 is 3.05 bits per heavy atom. The molecule has 112 valence electrons. The Labute approximate surface area is 125 Å². The lowest BCUT2D eigenvalue weighted by Gasteiger charge is -2.13. The van der Waals surface area contributed by atoms with E-state index >= 15 is 0 Å². The minimum atomic E-state index is -0.213. The molecule has 5 heteroatoms. The van der Waals surface area contributed by atoms with Crippen LogP contribution >= 0.6 is 0 Å². The number of carbonyl (C=O) groups excluding carboxylic acids is 1. The molecule has 1 heterocycles. The third-order valence-corrected chi connectivity index (χ3v) is 3.44. The van der Waals surface area contributed by atoms with Gasteiger partial charge in [0.1, 0.15) is 17.8 Å². The van der Waals surface area contributed by atoms with Gasteiger partial charge in [-0.3, -0.25) is 4.79 Å². The molecule has 0 saturated heterocycles. The molecule has 0 fully saturated rings. The molecule has 2 rings (SSSR count). The molecule has 0 bridgehead atoms. The summed E-state index contributed by atoms with van der Waals surface area (Å²) in [6.07, 6.45) is 11.4. The maximum absolute atomic E-state index is 11.8. The average Bonchev–Trinajstić information content (AvgIpc) is 2.54. The lowest BCUT2D eigenvalue weighted by Crippen LogP contribution is -2.24. The summed E-state index contributed by atoms with van der Waals surface area (Å²) < 4.78 is 0. The van der Waals surface area contributed by atoms with Crippen molar-refractivity contribution < 1.29 is 4.79 Å². The number of anilines is 1. The predicted molar refractivity (Wildman–Crippen MR) is 84.2 cm³/mol. The highest BCUT2D eigenvalue weighted by molar-refractivity contribution is 5.92. The second kappa shape index (κ2) is 8.19. The second-order valence-electron chi connectivity index (χ2n) is 5.07. The molecule has 21 heavy (non-hydrogen) atoms. The van der Waals surface area contributed by atoms with Gasteiger partial charge in [0.25, 0.3) is 5.91 Å². The number of allylic oxidation sites excluding steroid dienone is 1. The molecule has 0 aliphatic heterocycles. The third kappa shape index (κ3) is 5.02. The van der Waals surface area contributed by atoms with E-state index in [-0.39, 0.29) is 5.91 Å². The summed E-state index contributed by atoms with van der Waals surface area (Å²) in [6.45, 7) is 4.82. The first-order valence-electron chi connectivity index (χ1n) is 7.42. The van der Waals surface area contributed by atoms with Crippen molar-refractivity contribution in [1.82, 2.24) is 15.3 Å². The summed E-state index contributed by atoms with van der Waals surface area (Å²) in [4.78, 5) is 19.9. The highest BCUT2D eigenvalue weighted by atomic mass is 16.1. The van der Waals surface area contributed by atoms with Crippen molar-refractivity contribution in [3.63, 3.8) is 0 Å². The molecule has 0 radical (unpaired) electrons. The van der Waals surface area contributed by atoms with Crippen LogP contribution in [-0.2, 0) is 0 Å². The van der Waals surface area contributed by atoms with Crippen molar-refractivity contribution in [2.75, 3.05) is 18.4 Å². The van der Waals surface area contributed by atoms with Crippen molar-refractivity contribution in [2.45, 2.75) is 32.1 Å². The predicted octanol–water partition coefficient (Wildman–Crippen LogP) is 2.69. The van der Waals surface area contributed by atoms with E-state index in [0.29, 0.717) is 18.1 Å². The second-order valence-corrected chi connectivity index (χ2v) is 5.07. The topological polar surface area (TPSA) is 66.9 Å². The molecule has 5 nitrogen and oxygen atoms in total. The van der Waals surface area contributed by atoms with E-state index in [0.717, 1.165) is 13.0 Å². The zero-order valence-corrected chi connectivity index (χ0v) is 12.3. The maximum atomic E-state index is 11.8. The number of aromatic nitrogens is 2. The van der Waals surface area contributed by atoms with Crippen molar-refractivity contribution in [3.8, 4) is 0 Å². The monoisotopic (exact) mass is 286 g/mol. The Balaban J connectivity index is 1.84. The van der Waals surface area contributed by atoms with Gasteiger partial charge in [0.05, 0.1) is 0 Å². The first-order valence-corrected chi connectivity index (χ1v) is 7.42. The smallest absolute Gasteiger partial charge is 0.270 e. The van der Waals surface area contributed by atoms with Gasteiger partial charge in [-0.15, -0.1) is 6.58 Å². The van der Waals surface area contributed by atoms with Gasteiger partial charge in [-0.2, -0.15) is 0 Å². The van der Waals surface area contributed by atoms with Crippen molar-refractivity contribution >= 4 is 11.7 Å². The van der Waals surface area contributed by atoms with Crippen LogP contribution in [0.25, 0.3) is 0 Å². The summed E-state index contributed by atoms with van der Waals surface area (Å²) in [7, 11) is 0. The van der Waals surface area contributed by atoms with Crippen LogP contribution in [0.1, 0.15) is 42.6 Å². The molecule has 0 unspecified atom stereocenters. The molecule has 0 atom stereocenters. The molecule has 0 spiro atoms. The molecule has 2 N–H and O–H groups in total. The highest BCUT2D eigenvalue weighted by Crippen LogP contribution is 2.19. The van der Waals surface area contributed by atoms with Crippen LogP contribution in [0.2, 0.25) is 0 Å². The molecule has 1 aromatic rings. The van der Waals surface area contributed by atoms with Crippen LogP contribution in [0.3, 0.4) is 0 Å². The van der Waals surface area contributed by atoms with E-state index in [1.807, 2.05) is 0 Å². The van der Waals surface area contributed by atoms with Crippen molar-refractivity contribution in [1.29, 1.82) is 0 Å². The zero-order valence-electron chi connectivity index (χ0n) is 12.3. The number of rotatable bonds is 7. The third-order valence-electron chi connectivity index (χ3n) is 3.44. The summed E-state index contributed by atoms with van der Waals surface area (Å²) in [5.41, 5.74) is 1.89. The summed E-state index contributed by atoms with van der Waals surface area (Å²) in [6, 6.07) is 1.67. The van der Waals surface area contributed by atoms with E-state index < -0.39 is 0 Å². The Hall–Kier alpha value is -2.17. The number of nitrogens with one attached hydrogen (secondary N) is 2. The number of hydrogen-bond donors (Lipinski definition) is 2. The fraction of sp³-hybridized carbons (Fsp3) is 0.438. The number of hydrogen-bond acceptors (Lipinski definition) is 4. The number of amides is 1. The molecular weight excluding hydrogens is 264 g/mol. The van der Waals surface area contributed by atoms with Gasteiger partial charge in [-0.1, -0.05) is 17.7 Å². The van der Waals surface area contributed by atoms with E-state index in [4.69, 9.17) is 0 Å². The van der Waals surface area contributed by atoms with Crippen LogP contribution < -0.4 is 10.6 Å². The molecule has 1 aliphatic carbocycles. The van der Waals surface area contributed by atoms with Gasteiger partial charge >= 0.3 is 0 Å².